The van der Waals surface area contributed by atoms with Crippen molar-refractivity contribution < 1.29 is 19.1 Å². The largest absolute Gasteiger partial charge is 0.497 e. The van der Waals surface area contributed by atoms with Crippen LogP contribution in [-0.4, -0.2) is 88.7 Å². The Kier molecular flexibility index (Phi) is 6.83. The van der Waals surface area contributed by atoms with E-state index >= 15 is 0 Å². The Balaban J connectivity index is 1.29. The summed E-state index contributed by atoms with van der Waals surface area (Å²) in [7, 11) is 1.65. The number of rotatable bonds is 6. The Morgan fingerprint density at radius 3 is 2.54 bits per heavy atom. The molecule has 0 spiro atoms. The van der Waals surface area contributed by atoms with E-state index in [1.54, 1.807) is 34.6 Å². The van der Waals surface area contributed by atoms with Gasteiger partial charge >= 0.3 is 0 Å². The molecule has 37 heavy (non-hydrogen) atoms. The molecule has 1 aromatic carbocycles. The van der Waals surface area contributed by atoms with Crippen molar-refractivity contribution in [2.75, 3.05) is 44.7 Å². The van der Waals surface area contributed by atoms with Gasteiger partial charge in [-0.3, -0.25) is 19.1 Å². The normalized spacial score (nSPS) is 22.2. The zero-order valence-corrected chi connectivity index (χ0v) is 21.9. The molecule has 1 atom stereocenters. The topological polar surface area (TPSA) is 100 Å². The molecule has 0 unspecified atom stereocenters. The first-order valence-electron chi connectivity index (χ1n) is 13.2. The van der Waals surface area contributed by atoms with Crippen LogP contribution in [0, 0.1) is 0 Å². The summed E-state index contributed by atoms with van der Waals surface area (Å²) in [5.74, 6) is 0.180. The van der Waals surface area contributed by atoms with Gasteiger partial charge in [0.2, 0.25) is 5.91 Å². The second-order valence-electron chi connectivity index (χ2n) is 10.3. The maximum absolute atomic E-state index is 13.4. The molecule has 2 fully saturated rings. The number of anilines is 1. The van der Waals surface area contributed by atoms with E-state index in [1.165, 1.54) is 0 Å². The molecule has 1 saturated heterocycles. The highest BCUT2D eigenvalue weighted by Crippen LogP contribution is 2.29. The zero-order valence-electron chi connectivity index (χ0n) is 21.9. The van der Waals surface area contributed by atoms with Crippen molar-refractivity contribution in [3.63, 3.8) is 0 Å². The minimum absolute atomic E-state index is 0.155. The number of carbonyl (C=O) groups excluding carboxylic acids is 3. The lowest BCUT2D eigenvalue weighted by molar-refractivity contribution is -0.133. The van der Waals surface area contributed by atoms with Gasteiger partial charge in [-0.25, -0.2) is 0 Å². The highest BCUT2D eigenvalue weighted by Gasteiger charge is 2.48. The van der Waals surface area contributed by atoms with Crippen molar-refractivity contribution in [2.24, 2.45) is 0 Å². The number of hydrogen-bond acceptors (Lipinski definition) is 6. The van der Waals surface area contributed by atoms with E-state index in [-0.39, 0.29) is 36.0 Å². The van der Waals surface area contributed by atoms with Crippen LogP contribution >= 0.6 is 0 Å². The average molecular weight is 509 g/mol. The second kappa shape index (κ2) is 10.1. The molecular weight excluding hydrogens is 472 g/mol. The van der Waals surface area contributed by atoms with Crippen LogP contribution in [0.3, 0.4) is 0 Å². The fourth-order valence-electron chi connectivity index (χ4n) is 5.79. The minimum Gasteiger partial charge on any atom is -0.497 e. The van der Waals surface area contributed by atoms with Crippen LogP contribution in [0.5, 0.6) is 5.75 Å². The van der Waals surface area contributed by atoms with Gasteiger partial charge in [-0.2, -0.15) is 5.10 Å². The van der Waals surface area contributed by atoms with Gasteiger partial charge in [0.25, 0.3) is 11.8 Å². The maximum Gasteiger partial charge on any atom is 0.274 e. The number of carbonyl (C=O) groups is 3. The van der Waals surface area contributed by atoms with Crippen molar-refractivity contribution in [2.45, 2.75) is 57.7 Å². The molecule has 0 radical (unpaired) electrons. The molecule has 2 aliphatic heterocycles. The highest BCUT2D eigenvalue weighted by molar-refractivity contribution is 6.02. The molecular formula is C27H36N6O4. The smallest absolute Gasteiger partial charge is 0.274 e. The summed E-state index contributed by atoms with van der Waals surface area (Å²) in [5, 5.41) is 7.67. The van der Waals surface area contributed by atoms with Crippen molar-refractivity contribution >= 4 is 23.4 Å². The van der Waals surface area contributed by atoms with Crippen LogP contribution in [0.2, 0.25) is 0 Å². The van der Waals surface area contributed by atoms with Crippen molar-refractivity contribution in [1.29, 1.82) is 0 Å². The Morgan fingerprint density at radius 1 is 1.14 bits per heavy atom. The lowest BCUT2D eigenvalue weighted by Crippen LogP contribution is -2.64. The van der Waals surface area contributed by atoms with E-state index < -0.39 is 5.54 Å². The number of nitrogens with zero attached hydrogens (tertiary/aromatic N) is 5. The summed E-state index contributed by atoms with van der Waals surface area (Å²) in [4.78, 5) is 45.7. The molecule has 5 rings (SSSR count). The summed E-state index contributed by atoms with van der Waals surface area (Å²) in [6.45, 7) is 6.76. The average Bonchev–Trinajstić information content (AvgIpc) is 3.58. The molecule has 198 valence electrons. The summed E-state index contributed by atoms with van der Waals surface area (Å²) in [6.07, 6.45) is 4.17. The molecule has 1 aliphatic carbocycles. The number of methoxy groups -OCH3 is 1. The van der Waals surface area contributed by atoms with E-state index in [4.69, 9.17) is 4.74 Å². The molecule has 2 aromatic rings. The molecule has 1 aromatic heterocycles. The number of likely N-dealkylation sites (N-methyl/N-ethyl adjacent to an activating group) is 1. The number of aromatic nitrogens is 2. The number of nitrogens with one attached hydrogen (secondary N) is 1. The fraction of sp³-hybridized carbons (Fsp3) is 0.556. The third-order valence-electron chi connectivity index (χ3n) is 8.00. The summed E-state index contributed by atoms with van der Waals surface area (Å²) < 4.78 is 6.88. The van der Waals surface area contributed by atoms with E-state index in [2.05, 4.69) is 15.3 Å². The SMILES string of the molecule is CCN1C(=O)c2cc(C(=O)N3CCN(c4cccc(OC)c4)CC3)nn2C[C@]1(C)C(=O)NC1CCCC1. The number of hydrogen-bond donors (Lipinski definition) is 1. The van der Waals surface area contributed by atoms with E-state index in [1.807, 2.05) is 31.2 Å². The van der Waals surface area contributed by atoms with Crippen LogP contribution in [-0.2, 0) is 11.3 Å². The lowest BCUT2D eigenvalue weighted by Gasteiger charge is -2.43. The Bertz CT molecular complexity index is 1180. The van der Waals surface area contributed by atoms with Crippen LogP contribution in [0.1, 0.15) is 60.5 Å². The fourth-order valence-corrected chi connectivity index (χ4v) is 5.79. The first kappa shape index (κ1) is 25.1. The number of benzene rings is 1. The van der Waals surface area contributed by atoms with E-state index in [0.717, 1.165) is 37.1 Å². The first-order valence-corrected chi connectivity index (χ1v) is 13.2. The third kappa shape index (κ3) is 4.65. The second-order valence-corrected chi connectivity index (χ2v) is 10.3. The highest BCUT2D eigenvalue weighted by atomic mass is 16.5. The van der Waals surface area contributed by atoms with Gasteiger partial charge in [-0.05, 0) is 38.8 Å². The predicted molar refractivity (Wildman–Crippen MR) is 139 cm³/mol. The van der Waals surface area contributed by atoms with Crippen molar-refractivity contribution in [3.8, 4) is 5.75 Å². The van der Waals surface area contributed by atoms with Gasteiger partial charge in [0.15, 0.2) is 5.69 Å². The maximum atomic E-state index is 13.4. The molecule has 1 N–H and O–H groups in total. The number of ether oxygens (including phenoxy) is 1. The van der Waals surface area contributed by atoms with Gasteiger partial charge in [-0.15, -0.1) is 0 Å². The number of piperazine rings is 1. The predicted octanol–water partition coefficient (Wildman–Crippen LogP) is 2.15. The first-order chi connectivity index (χ1) is 17.8. The molecule has 10 heteroatoms. The van der Waals surface area contributed by atoms with Gasteiger partial charge in [0.1, 0.15) is 17.0 Å². The van der Waals surface area contributed by atoms with E-state index in [9.17, 15) is 14.4 Å². The Hall–Kier alpha value is -3.56. The molecule has 1 saturated carbocycles. The minimum atomic E-state index is -1.06. The number of amides is 3. The lowest BCUT2D eigenvalue weighted by atomic mass is 9.94. The third-order valence-corrected chi connectivity index (χ3v) is 8.00. The van der Waals surface area contributed by atoms with Crippen molar-refractivity contribution in [3.05, 3.63) is 41.7 Å². The zero-order chi connectivity index (χ0) is 26.2. The van der Waals surface area contributed by atoms with Gasteiger partial charge < -0.3 is 24.8 Å². The molecule has 3 aliphatic rings. The van der Waals surface area contributed by atoms with Crippen LogP contribution in [0.15, 0.2) is 30.3 Å². The molecule has 3 heterocycles. The molecule has 0 bridgehead atoms. The Morgan fingerprint density at radius 2 is 1.86 bits per heavy atom. The van der Waals surface area contributed by atoms with Crippen molar-refractivity contribution in [1.82, 2.24) is 24.9 Å². The van der Waals surface area contributed by atoms with Crippen LogP contribution in [0.25, 0.3) is 0 Å². The quantitative estimate of drug-likeness (QED) is 0.642. The molecule has 10 nitrogen and oxygen atoms in total. The molecule has 3 amide bonds. The van der Waals surface area contributed by atoms with Gasteiger partial charge in [0.05, 0.1) is 13.7 Å². The number of fused-ring (bicyclic) bond motifs is 1. The summed E-state index contributed by atoms with van der Waals surface area (Å²) in [6, 6.07) is 9.63. The standard InChI is InChI=1S/C27H36N6O4/c1-4-32-25(35)23-17-22(29-33(23)18-27(32,2)26(36)28-19-8-5-6-9-19)24(34)31-14-12-30(13-15-31)20-10-7-11-21(16-20)37-3/h7,10-11,16-17,19H,4-6,8-9,12-15,18H2,1-3H3,(H,28,36)/t27-/m1/s1. The van der Waals surface area contributed by atoms with Crippen LogP contribution in [0.4, 0.5) is 5.69 Å². The summed E-state index contributed by atoms with van der Waals surface area (Å²) in [5.41, 5.74) is 0.598. The van der Waals surface area contributed by atoms with Gasteiger partial charge in [-0.1, -0.05) is 18.9 Å². The Labute approximate surface area is 217 Å². The van der Waals surface area contributed by atoms with Gasteiger partial charge in [0, 0.05) is 56.6 Å². The summed E-state index contributed by atoms with van der Waals surface area (Å²) >= 11 is 0. The van der Waals surface area contributed by atoms with Crippen LogP contribution < -0.4 is 15.0 Å². The monoisotopic (exact) mass is 508 g/mol. The van der Waals surface area contributed by atoms with E-state index in [0.29, 0.717) is 38.4 Å².